The molecule has 0 aromatic rings. The second kappa shape index (κ2) is 2.83. The van der Waals surface area contributed by atoms with E-state index in [1.807, 2.05) is 13.8 Å². The number of fused-ring (bicyclic) bond motifs is 5. The lowest BCUT2D eigenvalue weighted by molar-refractivity contribution is -0.142. The third-order valence-corrected chi connectivity index (χ3v) is 4.48. The quantitative estimate of drug-likeness (QED) is 0.610. The maximum atomic E-state index is 12.1. The largest absolute Gasteiger partial charge is 0.280 e. The number of likely N-dealkylation sites (tertiary alicyclic amines) is 1. The maximum Gasteiger partial charge on any atom is 0.233 e. The van der Waals surface area contributed by atoms with E-state index in [-0.39, 0.29) is 29.7 Å². The van der Waals surface area contributed by atoms with Crippen molar-refractivity contribution >= 4 is 11.8 Å². The van der Waals surface area contributed by atoms with E-state index in [4.69, 9.17) is 0 Å². The van der Waals surface area contributed by atoms with Gasteiger partial charge in [-0.1, -0.05) is 0 Å². The molecule has 2 bridgehead atoms. The van der Waals surface area contributed by atoms with E-state index in [1.165, 1.54) is 4.90 Å². The highest BCUT2D eigenvalue weighted by atomic mass is 16.2. The number of carbonyl (C=O) groups is 2. The minimum Gasteiger partial charge on any atom is -0.280 e. The summed E-state index contributed by atoms with van der Waals surface area (Å²) in [4.78, 5) is 25.8. The van der Waals surface area contributed by atoms with Crippen LogP contribution in [-0.2, 0) is 9.59 Å². The Morgan fingerprint density at radius 1 is 1.07 bits per heavy atom. The first-order chi connectivity index (χ1) is 7.11. The number of hydrogen-bond donors (Lipinski definition) is 0. The van der Waals surface area contributed by atoms with Crippen molar-refractivity contribution in [2.45, 2.75) is 39.2 Å². The number of rotatable bonds is 1. The molecule has 1 aliphatic heterocycles. The van der Waals surface area contributed by atoms with Gasteiger partial charge in [-0.25, -0.2) is 0 Å². The van der Waals surface area contributed by atoms with Crippen LogP contribution in [0.5, 0.6) is 0 Å². The molecule has 4 atom stereocenters. The summed E-state index contributed by atoms with van der Waals surface area (Å²) in [6.45, 7) is 3.86. The zero-order chi connectivity index (χ0) is 10.7. The second-order valence-electron chi connectivity index (χ2n) is 5.53. The summed E-state index contributed by atoms with van der Waals surface area (Å²) in [5, 5.41) is 0. The van der Waals surface area contributed by atoms with Crippen LogP contribution in [0.4, 0.5) is 0 Å². The van der Waals surface area contributed by atoms with Crippen molar-refractivity contribution in [3.63, 3.8) is 0 Å². The van der Waals surface area contributed by atoms with Crippen molar-refractivity contribution in [3.8, 4) is 0 Å². The summed E-state index contributed by atoms with van der Waals surface area (Å²) in [6.07, 6.45) is 3.45. The average Bonchev–Trinajstić information content (AvgIpc) is 2.79. The molecule has 3 nitrogen and oxygen atoms in total. The van der Waals surface area contributed by atoms with Gasteiger partial charge >= 0.3 is 0 Å². The van der Waals surface area contributed by atoms with Crippen LogP contribution in [0, 0.1) is 23.7 Å². The summed E-state index contributed by atoms with van der Waals surface area (Å²) in [5.74, 6) is 1.37. The summed E-state index contributed by atoms with van der Waals surface area (Å²) >= 11 is 0. The molecule has 3 aliphatic rings. The van der Waals surface area contributed by atoms with Crippen LogP contribution in [0.1, 0.15) is 33.1 Å². The molecular weight excluding hydrogens is 190 g/mol. The van der Waals surface area contributed by atoms with Crippen LogP contribution >= 0.6 is 0 Å². The monoisotopic (exact) mass is 207 g/mol. The minimum absolute atomic E-state index is 0.0370. The molecule has 0 radical (unpaired) electrons. The molecule has 2 amide bonds. The molecule has 0 aromatic carbocycles. The van der Waals surface area contributed by atoms with Gasteiger partial charge in [-0.3, -0.25) is 14.5 Å². The fourth-order valence-electron chi connectivity index (χ4n) is 3.94. The van der Waals surface area contributed by atoms with Crippen LogP contribution < -0.4 is 0 Å². The zero-order valence-electron chi connectivity index (χ0n) is 9.27. The molecule has 0 aromatic heterocycles. The fourth-order valence-corrected chi connectivity index (χ4v) is 3.94. The smallest absolute Gasteiger partial charge is 0.233 e. The van der Waals surface area contributed by atoms with Gasteiger partial charge in [0.25, 0.3) is 0 Å². The third-order valence-electron chi connectivity index (χ3n) is 4.48. The SMILES string of the molecule is CC(C)N1C(=O)[C@@H]2[C@@H]3CC[C@@H](C3)[C@@H]2C1=O. The number of imide groups is 1. The Bertz CT molecular complexity index is 309. The molecule has 15 heavy (non-hydrogen) atoms. The van der Waals surface area contributed by atoms with Crippen molar-refractivity contribution in [3.05, 3.63) is 0 Å². The van der Waals surface area contributed by atoms with Gasteiger partial charge in [0.05, 0.1) is 11.8 Å². The molecule has 1 saturated heterocycles. The summed E-state index contributed by atoms with van der Waals surface area (Å²) in [7, 11) is 0. The lowest BCUT2D eigenvalue weighted by atomic mass is 9.81. The molecule has 2 saturated carbocycles. The van der Waals surface area contributed by atoms with Crippen LogP contribution in [-0.4, -0.2) is 22.8 Å². The normalized spacial score (nSPS) is 43.3. The highest BCUT2D eigenvalue weighted by Crippen LogP contribution is 2.56. The van der Waals surface area contributed by atoms with E-state index in [2.05, 4.69) is 0 Å². The highest BCUT2D eigenvalue weighted by Gasteiger charge is 2.61. The number of hydrogen-bond acceptors (Lipinski definition) is 2. The Balaban J connectivity index is 1.97. The maximum absolute atomic E-state index is 12.1. The zero-order valence-corrected chi connectivity index (χ0v) is 9.27. The van der Waals surface area contributed by atoms with E-state index in [1.54, 1.807) is 0 Å². The molecule has 3 fully saturated rings. The van der Waals surface area contributed by atoms with Crippen molar-refractivity contribution in [2.75, 3.05) is 0 Å². The van der Waals surface area contributed by atoms with Gasteiger partial charge in [0.1, 0.15) is 0 Å². The molecule has 3 heteroatoms. The van der Waals surface area contributed by atoms with Gasteiger partial charge in [-0.15, -0.1) is 0 Å². The van der Waals surface area contributed by atoms with Gasteiger partial charge in [-0.05, 0) is 44.9 Å². The molecule has 2 aliphatic carbocycles. The van der Waals surface area contributed by atoms with E-state index >= 15 is 0 Å². The predicted octanol–water partition coefficient (Wildman–Crippen LogP) is 1.43. The molecule has 0 N–H and O–H groups in total. The minimum atomic E-state index is 0.0370. The molecule has 1 heterocycles. The Labute approximate surface area is 89.8 Å². The number of carbonyl (C=O) groups excluding carboxylic acids is 2. The molecule has 82 valence electrons. The van der Waals surface area contributed by atoms with Crippen molar-refractivity contribution in [1.82, 2.24) is 4.90 Å². The standard InChI is InChI=1S/C12H17NO2/c1-6(2)13-11(14)9-7-3-4-8(5-7)10(9)12(13)15/h6-10H,3-5H2,1-2H3/t7-,8+,9-,10+. The fraction of sp³-hybridized carbons (Fsp3) is 0.833. The van der Waals surface area contributed by atoms with Gasteiger partial charge in [-0.2, -0.15) is 0 Å². The van der Waals surface area contributed by atoms with E-state index in [0.717, 1.165) is 19.3 Å². The molecule has 0 spiro atoms. The third kappa shape index (κ3) is 1.01. The topological polar surface area (TPSA) is 37.4 Å². The van der Waals surface area contributed by atoms with Gasteiger partial charge in [0.2, 0.25) is 11.8 Å². The first kappa shape index (κ1) is 9.37. The van der Waals surface area contributed by atoms with Crippen molar-refractivity contribution in [1.29, 1.82) is 0 Å². The Kier molecular flexibility index (Phi) is 1.77. The van der Waals surface area contributed by atoms with Crippen LogP contribution in [0.2, 0.25) is 0 Å². The van der Waals surface area contributed by atoms with Gasteiger partial charge < -0.3 is 0 Å². The number of amides is 2. The average molecular weight is 207 g/mol. The number of nitrogens with zero attached hydrogens (tertiary/aromatic N) is 1. The van der Waals surface area contributed by atoms with Crippen LogP contribution in [0.15, 0.2) is 0 Å². The predicted molar refractivity (Wildman–Crippen MR) is 54.8 cm³/mol. The Morgan fingerprint density at radius 3 is 1.93 bits per heavy atom. The van der Waals surface area contributed by atoms with E-state index in [0.29, 0.717) is 11.8 Å². The van der Waals surface area contributed by atoms with E-state index < -0.39 is 0 Å². The van der Waals surface area contributed by atoms with Crippen molar-refractivity contribution in [2.24, 2.45) is 23.7 Å². The molecule has 0 unspecified atom stereocenters. The van der Waals surface area contributed by atoms with E-state index in [9.17, 15) is 9.59 Å². The van der Waals surface area contributed by atoms with Crippen LogP contribution in [0.3, 0.4) is 0 Å². The lowest BCUT2D eigenvalue weighted by Gasteiger charge is -2.20. The lowest BCUT2D eigenvalue weighted by Crippen LogP contribution is -2.38. The Morgan fingerprint density at radius 2 is 1.53 bits per heavy atom. The van der Waals surface area contributed by atoms with Gasteiger partial charge in [0, 0.05) is 6.04 Å². The van der Waals surface area contributed by atoms with Gasteiger partial charge in [0.15, 0.2) is 0 Å². The second-order valence-corrected chi connectivity index (χ2v) is 5.53. The summed E-state index contributed by atoms with van der Waals surface area (Å²) in [5.41, 5.74) is 0. The Hall–Kier alpha value is -0.860. The molecule has 3 rings (SSSR count). The first-order valence-electron chi connectivity index (χ1n) is 5.98. The molecular formula is C12H17NO2. The van der Waals surface area contributed by atoms with Crippen LogP contribution in [0.25, 0.3) is 0 Å². The highest BCUT2D eigenvalue weighted by molar-refractivity contribution is 6.06. The first-order valence-corrected chi connectivity index (χ1v) is 5.98. The van der Waals surface area contributed by atoms with Crippen molar-refractivity contribution < 1.29 is 9.59 Å². The summed E-state index contributed by atoms with van der Waals surface area (Å²) in [6, 6.07) is 0.0370. The summed E-state index contributed by atoms with van der Waals surface area (Å²) < 4.78 is 0.